The van der Waals surface area contributed by atoms with Crippen molar-refractivity contribution < 1.29 is 4.79 Å². The zero-order chi connectivity index (χ0) is 14.7. The van der Waals surface area contributed by atoms with Crippen LogP contribution in [0.3, 0.4) is 0 Å². The first kappa shape index (κ1) is 15.8. The summed E-state index contributed by atoms with van der Waals surface area (Å²) in [5, 5.41) is 6.21. The molecule has 1 aliphatic heterocycles. The van der Waals surface area contributed by atoms with Crippen LogP contribution in [0, 0.1) is 17.8 Å². The summed E-state index contributed by atoms with van der Waals surface area (Å²) in [5.41, 5.74) is 0. The number of carbonyl (C=O) groups is 1. The summed E-state index contributed by atoms with van der Waals surface area (Å²) in [5.74, 6) is 2.39. The van der Waals surface area contributed by atoms with E-state index in [0.717, 1.165) is 31.5 Å². The molecular formula is C16H31N3O. The van der Waals surface area contributed by atoms with Crippen LogP contribution in [-0.2, 0) is 4.79 Å². The first-order valence-electron chi connectivity index (χ1n) is 8.22. The van der Waals surface area contributed by atoms with E-state index in [2.05, 4.69) is 36.3 Å². The zero-order valence-corrected chi connectivity index (χ0v) is 13.5. The van der Waals surface area contributed by atoms with Crippen molar-refractivity contribution in [2.24, 2.45) is 17.8 Å². The smallest absolute Gasteiger partial charge is 0.238 e. The molecule has 4 nitrogen and oxygen atoms in total. The summed E-state index contributed by atoms with van der Waals surface area (Å²) in [7, 11) is 1.75. The molecule has 1 saturated heterocycles. The Morgan fingerprint density at radius 3 is 2.75 bits per heavy atom. The molecule has 20 heavy (non-hydrogen) atoms. The summed E-state index contributed by atoms with van der Waals surface area (Å²) in [6.07, 6.45) is 3.90. The number of rotatable bonds is 3. The molecule has 1 saturated carbocycles. The van der Waals surface area contributed by atoms with Gasteiger partial charge in [0.2, 0.25) is 5.91 Å². The third-order valence-electron chi connectivity index (χ3n) is 5.25. The molecule has 2 rings (SSSR count). The van der Waals surface area contributed by atoms with Gasteiger partial charge in [-0.05, 0) is 30.6 Å². The Labute approximate surface area is 123 Å². The van der Waals surface area contributed by atoms with E-state index in [-0.39, 0.29) is 11.9 Å². The van der Waals surface area contributed by atoms with E-state index in [1.807, 2.05) is 0 Å². The van der Waals surface area contributed by atoms with Gasteiger partial charge in [0.15, 0.2) is 0 Å². The molecular weight excluding hydrogens is 250 g/mol. The fourth-order valence-corrected chi connectivity index (χ4v) is 4.06. The second kappa shape index (κ2) is 6.90. The van der Waals surface area contributed by atoms with E-state index >= 15 is 0 Å². The van der Waals surface area contributed by atoms with Gasteiger partial charge in [-0.25, -0.2) is 0 Å². The highest BCUT2D eigenvalue weighted by atomic mass is 16.2. The van der Waals surface area contributed by atoms with Crippen LogP contribution >= 0.6 is 0 Å². The Hall–Kier alpha value is -0.610. The van der Waals surface area contributed by atoms with Crippen molar-refractivity contribution in [3.05, 3.63) is 0 Å². The molecule has 1 aliphatic carbocycles. The van der Waals surface area contributed by atoms with Gasteiger partial charge < -0.3 is 10.6 Å². The van der Waals surface area contributed by atoms with Gasteiger partial charge in [0.05, 0.1) is 0 Å². The van der Waals surface area contributed by atoms with Crippen molar-refractivity contribution in [2.45, 2.75) is 52.1 Å². The summed E-state index contributed by atoms with van der Waals surface area (Å²) in [4.78, 5) is 14.7. The van der Waals surface area contributed by atoms with E-state index in [9.17, 15) is 4.79 Å². The monoisotopic (exact) mass is 281 g/mol. The van der Waals surface area contributed by atoms with E-state index in [1.54, 1.807) is 7.05 Å². The van der Waals surface area contributed by atoms with Crippen LogP contribution in [0.2, 0.25) is 0 Å². The number of carbonyl (C=O) groups excluding carboxylic acids is 1. The Bertz CT molecular complexity index is 332. The Morgan fingerprint density at radius 1 is 1.35 bits per heavy atom. The van der Waals surface area contributed by atoms with Gasteiger partial charge in [0.25, 0.3) is 0 Å². The van der Waals surface area contributed by atoms with Crippen LogP contribution in [0.25, 0.3) is 0 Å². The van der Waals surface area contributed by atoms with Gasteiger partial charge in [-0.3, -0.25) is 9.69 Å². The van der Waals surface area contributed by atoms with Crippen LogP contribution < -0.4 is 10.6 Å². The normalized spacial score (nSPS) is 36.0. The van der Waals surface area contributed by atoms with Crippen LogP contribution in [-0.4, -0.2) is 49.6 Å². The standard InChI is InChI=1S/C16H31N3O/c1-11(2)13-6-5-12(3)9-14(13)19-8-7-18-10-15(19)16(20)17-4/h11-15,18H,5-10H2,1-4H3,(H,17,20). The molecule has 116 valence electrons. The van der Waals surface area contributed by atoms with Crippen LogP contribution in [0.1, 0.15) is 40.0 Å². The average molecular weight is 281 g/mol. The van der Waals surface area contributed by atoms with Crippen molar-refractivity contribution in [1.82, 2.24) is 15.5 Å². The van der Waals surface area contributed by atoms with E-state index in [4.69, 9.17) is 0 Å². The number of piperazine rings is 1. The lowest BCUT2D eigenvalue weighted by atomic mass is 9.73. The number of hydrogen-bond acceptors (Lipinski definition) is 3. The van der Waals surface area contributed by atoms with Crippen molar-refractivity contribution in [3.63, 3.8) is 0 Å². The SMILES string of the molecule is CNC(=O)C1CNCCN1C1CC(C)CCC1C(C)C. The van der Waals surface area contributed by atoms with E-state index in [0.29, 0.717) is 12.0 Å². The molecule has 0 aromatic heterocycles. The highest BCUT2D eigenvalue weighted by Crippen LogP contribution is 2.37. The molecule has 4 unspecified atom stereocenters. The maximum Gasteiger partial charge on any atom is 0.238 e. The molecule has 4 atom stereocenters. The highest BCUT2D eigenvalue weighted by molar-refractivity contribution is 5.81. The Balaban J connectivity index is 2.16. The molecule has 1 heterocycles. The van der Waals surface area contributed by atoms with Crippen molar-refractivity contribution in [1.29, 1.82) is 0 Å². The maximum absolute atomic E-state index is 12.2. The highest BCUT2D eigenvalue weighted by Gasteiger charge is 2.40. The molecule has 2 fully saturated rings. The van der Waals surface area contributed by atoms with Crippen LogP contribution in [0.4, 0.5) is 0 Å². The lowest BCUT2D eigenvalue weighted by Gasteiger charge is -2.48. The Kier molecular flexibility index (Phi) is 5.44. The van der Waals surface area contributed by atoms with E-state index < -0.39 is 0 Å². The molecule has 0 radical (unpaired) electrons. The molecule has 0 aromatic rings. The average Bonchev–Trinajstić information content (AvgIpc) is 2.46. The number of nitrogens with zero attached hydrogens (tertiary/aromatic N) is 1. The molecule has 0 spiro atoms. The molecule has 0 bridgehead atoms. The second-order valence-corrected chi connectivity index (χ2v) is 6.97. The number of nitrogens with one attached hydrogen (secondary N) is 2. The second-order valence-electron chi connectivity index (χ2n) is 6.97. The largest absolute Gasteiger partial charge is 0.358 e. The number of likely N-dealkylation sites (N-methyl/N-ethyl adjacent to an activating group) is 1. The van der Waals surface area contributed by atoms with Gasteiger partial charge in [-0.2, -0.15) is 0 Å². The van der Waals surface area contributed by atoms with Gasteiger partial charge >= 0.3 is 0 Å². The van der Waals surface area contributed by atoms with Gasteiger partial charge in [-0.15, -0.1) is 0 Å². The van der Waals surface area contributed by atoms with Crippen molar-refractivity contribution in [3.8, 4) is 0 Å². The third kappa shape index (κ3) is 3.34. The minimum atomic E-state index is 0.00491. The predicted octanol–water partition coefficient (Wildman–Crippen LogP) is 1.47. The number of amides is 1. The van der Waals surface area contributed by atoms with Gasteiger partial charge in [0.1, 0.15) is 6.04 Å². The lowest BCUT2D eigenvalue weighted by Crippen LogP contribution is -2.62. The minimum absolute atomic E-state index is 0.00491. The minimum Gasteiger partial charge on any atom is -0.358 e. The zero-order valence-electron chi connectivity index (χ0n) is 13.5. The first-order valence-corrected chi connectivity index (χ1v) is 8.22. The topological polar surface area (TPSA) is 44.4 Å². The number of hydrogen-bond donors (Lipinski definition) is 2. The summed E-state index contributed by atoms with van der Waals surface area (Å²) >= 11 is 0. The quantitative estimate of drug-likeness (QED) is 0.823. The summed E-state index contributed by atoms with van der Waals surface area (Å²) in [6.45, 7) is 9.83. The molecule has 1 amide bonds. The van der Waals surface area contributed by atoms with Crippen molar-refractivity contribution >= 4 is 5.91 Å². The van der Waals surface area contributed by atoms with Gasteiger partial charge in [-0.1, -0.05) is 27.2 Å². The first-order chi connectivity index (χ1) is 9.54. The van der Waals surface area contributed by atoms with Crippen molar-refractivity contribution in [2.75, 3.05) is 26.7 Å². The van der Waals surface area contributed by atoms with Crippen LogP contribution in [0.15, 0.2) is 0 Å². The molecule has 2 aliphatic rings. The molecule has 2 N–H and O–H groups in total. The fraction of sp³-hybridized carbons (Fsp3) is 0.938. The van der Waals surface area contributed by atoms with Crippen LogP contribution in [0.5, 0.6) is 0 Å². The predicted molar refractivity (Wildman–Crippen MR) is 82.6 cm³/mol. The van der Waals surface area contributed by atoms with E-state index in [1.165, 1.54) is 19.3 Å². The fourth-order valence-electron chi connectivity index (χ4n) is 4.06. The molecule has 4 heteroatoms. The maximum atomic E-state index is 12.2. The summed E-state index contributed by atoms with van der Waals surface area (Å²) < 4.78 is 0. The van der Waals surface area contributed by atoms with Gasteiger partial charge in [0, 0.05) is 32.7 Å². The lowest BCUT2D eigenvalue weighted by molar-refractivity contribution is -0.129. The molecule has 0 aromatic carbocycles. The Morgan fingerprint density at radius 2 is 2.10 bits per heavy atom. The summed E-state index contributed by atoms with van der Waals surface area (Å²) in [6, 6.07) is 0.577. The third-order valence-corrected chi connectivity index (χ3v) is 5.25.